The van der Waals surface area contributed by atoms with Gasteiger partial charge in [0.1, 0.15) is 0 Å². The predicted molar refractivity (Wildman–Crippen MR) is 46.3 cm³/mol. The number of carbonyl (C=O) groups excluding carboxylic acids is 1. The van der Waals surface area contributed by atoms with E-state index in [4.69, 9.17) is 5.11 Å². The van der Waals surface area contributed by atoms with Gasteiger partial charge in [0.25, 0.3) is 0 Å². The van der Waals surface area contributed by atoms with Crippen molar-refractivity contribution in [2.45, 2.75) is 28.8 Å². The number of amides is 1. The maximum atomic E-state index is 10.6. The van der Waals surface area contributed by atoms with Crippen molar-refractivity contribution in [1.82, 2.24) is 5.32 Å². The van der Waals surface area contributed by atoms with Gasteiger partial charge in [-0.05, 0) is 0 Å². The van der Waals surface area contributed by atoms with Crippen LogP contribution in [0.4, 0.5) is 0 Å². The molecule has 0 aliphatic rings. The fourth-order valence-corrected chi connectivity index (χ4v) is 2.08. The van der Waals surface area contributed by atoms with Crippen LogP contribution in [0.5, 0.6) is 0 Å². The number of carboxylic acid groups (broad SMARTS) is 1. The van der Waals surface area contributed by atoms with Gasteiger partial charge in [-0.15, -0.1) is 0 Å². The monoisotopic (exact) mass is 289 g/mol. The zero-order valence-electron chi connectivity index (χ0n) is 7.16. The molecule has 0 fully saturated rings. The molecule has 0 aromatic rings. The molecule has 70 valence electrons. The third kappa shape index (κ3) is 5.39. The van der Waals surface area contributed by atoms with Crippen LogP contribution in [0.15, 0.2) is 0 Å². The van der Waals surface area contributed by atoms with Gasteiger partial charge in [-0.25, -0.2) is 0 Å². The molecule has 0 saturated carbocycles. The number of carbonyl (C=O) groups is 2. The van der Waals surface area contributed by atoms with E-state index in [9.17, 15) is 9.59 Å². The molecule has 0 saturated heterocycles. The summed E-state index contributed by atoms with van der Waals surface area (Å²) in [5, 5.41) is 11.0. The zero-order valence-corrected chi connectivity index (χ0v) is 9.49. The molecule has 0 unspecified atom stereocenters. The summed E-state index contributed by atoms with van der Waals surface area (Å²) in [6.45, 7) is 1.33. The summed E-state index contributed by atoms with van der Waals surface area (Å²) in [4.78, 5) is 23.2. The Morgan fingerprint density at radius 2 is 2.17 bits per heavy atom. The van der Waals surface area contributed by atoms with E-state index < -0.39 is 12.0 Å². The molecule has 0 spiro atoms. The summed E-state index contributed by atoms with van der Waals surface area (Å²) >= 11 is -0.0425. The van der Waals surface area contributed by atoms with Gasteiger partial charge in [0.15, 0.2) is 0 Å². The molecule has 2 N–H and O–H groups in total. The Kier molecular flexibility index (Phi) is 6.13. The van der Waals surface area contributed by atoms with E-state index in [1.54, 1.807) is 0 Å². The van der Waals surface area contributed by atoms with E-state index in [1.807, 2.05) is 0 Å². The second-order valence-electron chi connectivity index (χ2n) is 2.37. The third-order valence-corrected chi connectivity index (χ3v) is 3.12. The van der Waals surface area contributed by atoms with Gasteiger partial charge in [0.2, 0.25) is 0 Å². The molecular weight excluding hydrogens is 274 g/mol. The first kappa shape index (κ1) is 11.7. The van der Waals surface area contributed by atoms with Crippen molar-refractivity contribution in [2.75, 3.05) is 0 Å². The SMILES string of the molecule is C[Te]CC[C@H](NC(C)=O)C(=O)O. The van der Waals surface area contributed by atoms with Crippen molar-refractivity contribution >= 4 is 32.8 Å². The molecule has 0 bridgehead atoms. The van der Waals surface area contributed by atoms with Crippen LogP contribution in [0.1, 0.15) is 13.3 Å². The quantitative estimate of drug-likeness (QED) is 0.707. The third-order valence-electron chi connectivity index (χ3n) is 1.29. The molecule has 0 aliphatic heterocycles. The van der Waals surface area contributed by atoms with Crippen LogP contribution >= 0.6 is 0 Å². The van der Waals surface area contributed by atoms with Gasteiger partial charge in [-0.2, -0.15) is 0 Å². The first-order valence-corrected chi connectivity index (χ1v) is 7.54. The molecule has 0 aliphatic carbocycles. The molecule has 1 atom stereocenters. The number of hydrogen-bond donors (Lipinski definition) is 2. The molecule has 5 heteroatoms. The molecule has 0 heterocycles. The maximum absolute atomic E-state index is 10.6. The average molecular weight is 287 g/mol. The molecule has 0 aromatic heterocycles. The summed E-state index contributed by atoms with van der Waals surface area (Å²) in [6.07, 6.45) is 0.563. The summed E-state index contributed by atoms with van der Waals surface area (Å²) < 4.78 is 0.947. The second kappa shape index (κ2) is 6.27. The van der Waals surface area contributed by atoms with Crippen LogP contribution in [-0.2, 0) is 9.59 Å². The van der Waals surface area contributed by atoms with Gasteiger partial charge >= 0.3 is 81.6 Å². The molecule has 0 rings (SSSR count). The van der Waals surface area contributed by atoms with E-state index in [0.717, 1.165) is 4.47 Å². The first-order chi connectivity index (χ1) is 5.57. The van der Waals surface area contributed by atoms with Crippen molar-refractivity contribution in [3.05, 3.63) is 0 Å². The Balaban J connectivity index is 3.87. The normalized spacial score (nSPS) is 12.2. The van der Waals surface area contributed by atoms with Gasteiger partial charge in [0.05, 0.1) is 0 Å². The summed E-state index contributed by atoms with van der Waals surface area (Å²) in [5.74, 6) is -1.22. The Morgan fingerprint density at radius 3 is 2.50 bits per heavy atom. The van der Waals surface area contributed by atoms with Crippen molar-refractivity contribution in [3.8, 4) is 0 Å². The van der Waals surface area contributed by atoms with E-state index in [2.05, 4.69) is 10.3 Å². The van der Waals surface area contributed by atoms with Crippen LogP contribution in [0.3, 0.4) is 0 Å². The van der Waals surface area contributed by atoms with Gasteiger partial charge in [-0.1, -0.05) is 0 Å². The Labute approximate surface area is 81.8 Å². The Hall–Kier alpha value is -0.270. The summed E-state index contributed by atoms with van der Waals surface area (Å²) in [5.41, 5.74) is 0. The molecular formula is C7H13NO3Te. The minimum atomic E-state index is -0.939. The van der Waals surface area contributed by atoms with E-state index >= 15 is 0 Å². The number of carboxylic acids is 1. The number of nitrogens with one attached hydrogen (secondary N) is 1. The van der Waals surface area contributed by atoms with Gasteiger partial charge < -0.3 is 0 Å². The summed E-state index contributed by atoms with van der Waals surface area (Å²) in [7, 11) is 0. The van der Waals surface area contributed by atoms with Crippen LogP contribution in [-0.4, -0.2) is 43.9 Å². The van der Waals surface area contributed by atoms with E-state index in [1.165, 1.54) is 6.92 Å². The van der Waals surface area contributed by atoms with Crippen molar-refractivity contribution < 1.29 is 14.7 Å². The summed E-state index contributed by atoms with van der Waals surface area (Å²) in [6, 6.07) is -0.687. The van der Waals surface area contributed by atoms with Crippen molar-refractivity contribution in [3.63, 3.8) is 0 Å². The van der Waals surface area contributed by atoms with Crippen molar-refractivity contribution in [2.24, 2.45) is 0 Å². The molecule has 12 heavy (non-hydrogen) atoms. The fraction of sp³-hybridized carbons (Fsp3) is 0.714. The Morgan fingerprint density at radius 1 is 1.58 bits per heavy atom. The fourth-order valence-electron chi connectivity index (χ4n) is 0.738. The predicted octanol–water partition coefficient (Wildman–Crippen LogP) is 0.136. The van der Waals surface area contributed by atoms with Gasteiger partial charge in [-0.3, -0.25) is 0 Å². The minimum absolute atomic E-state index is 0.0425. The van der Waals surface area contributed by atoms with Crippen LogP contribution < -0.4 is 5.32 Å². The molecule has 0 radical (unpaired) electrons. The van der Waals surface area contributed by atoms with Crippen LogP contribution in [0, 0.1) is 0 Å². The second-order valence-corrected chi connectivity index (χ2v) is 5.19. The average Bonchev–Trinajstić information content (AvgIpc) is 1.96. The van der Waals surface area contributed by atoms with Gasteiger partial charge in [0, 0.05) is 0 Å². The van der Waals surface area contributed by atoms with Crippen molar-refractivity contribution in [1.29, 1.82) is 0 Å². The van der Waals surface area contributed by atoms with Crippen LogP contribution in [0.25, 0.3) is 0 Å². The molecule has 1 amide bonds. The standard InChI is InChI=1S/C7H13NO3Te/c1-5(9)8-6(7(10)11)3-4-12-2/h6H,3-4H2,1-2H3,(H,8,9)(H,10,11)/t6-/m0/s1. The topological polar surface area (TPSA) is 66.4 Å². The van der Waals surface area contributed by atoms with E-state index in [-0.39, 0.29) is 26.8 Å². The number of aliphatic carboxylic acids is 1. The van der Waals surface area contributed by atoms with Crippen LogP contribution in [0.2, 0.25) is 9.44 Å². The number of hydrogen-bond acceptors (Lipinski definition) is 2. The zero-order chi connectivity index (χ0) is 9.56. The molecule has 0 aromatic carbocycles. The van der Waals surface area contributed by atoms with E-state index in [0.29, 0.717) is 6.42 Å². The molecule has 4 nitrogen and oxygen atoms in total. The Bertz CT molecular complexity index is 172. The first-order valence-electron chi connectivity index (χ1n) is 3.56. The number of rotatable bonds is 5.